The van der Waals surface area contributed by atoms with Gasteiger partial charge >= 0.3 is 5.97 Å². The largest absolute Gasteiger partial charge is 0.480 e. The van der Waals surface area contributed by atoms with Crippen LogP contribution in [0.25, 0.3) is 0 Å². The van der Waals surface area contributed by atoms with E-state index in [1.165, 1.54) is 18.5 Å². The van der Waals surface area contributed by atoms with E-state index in [9.17, 15) is 18.3 Å². The van der Waals surface area contributed by atoms with Crippen molar-refractivity contribution >= 4 is 31.9 Å². The van der Waals surface area contributed by atoms with Crippen molar-refractivity contribution in [1.82, 2.24) is 9.29 Å². The Morgan fingerprint density at radius 3 is 2.79 bits per heavy atom. The van der Waals surface area contributed by atoms with Gasteiger partial charge in [0, 0.05) is 23.4 Å². The maximum Gasteiger partial charge on any atom is 0.322 e. The zero-order chi connectivity index (χ0) is 14.2. The lowest BCUT2D eigenvalue weighted by Gasteiger charge is -2.22. The zero-order valence-corrected chi connectivity index (χ0v) is 12.6. The van der Waals surface area contributed by atoms with Crippen LogP contribution in [0, 0.1) is 5.92 Å². The Morgan fingerprint density at radius 2 is 2.21 bits per heavy atom. The number of carbonyl (C=O) groups is 1. The first kappa shape index (κ1) is 14.4. The molecule has 0 aliphatic carbocycles. The van der Waals surface area contributed by atoms with Gasteiger partial charge in [-0.1, -0.05) is 6.92 Å². The molecule has 0 aromatic carbocycles. The number of pyridine rings is 1. The summed E-state index contributed by atoms with van der Waals surface area (Å²) in [4.78, 5) is 15.0. The highest BCUT2D eigenvalue weighted by molar-refractivity contribution is 9.10. The average Bonchev–Trinajstić information content (AvgIpc) is 2.72. The third-order valence-electron chi connectivity index (χ3n) is 3.19. The minimum atomic E-state index is -3.83. The summed E-state index contributed by atoms with van der Waals surface area (Å²) in [7, 11) is -3.83. The molecular formula is C11H13BrN2O4S. The molecule has 0 bridgehead atoms. The summed E-state index contributed by atoms with van der Waals surface area (Å²) in [6, 6.07) is 0.411. The molecular weight excluding hydrogens is 336 g/mol. The number of carboxylic acids is 1. The number of aromatic nitrogens is 1. The van der Waals surface area contributed by atoms with E-state index in [1.807, 2.05) is 0 Å². The Morgan fingerprint density at radius 1 is 1.53 bits per heavy atom. The molecule has 104 valence electrons. The molecule has 0 radical (unpaired) electrons. The maximum absolute atomic E-state index is 12.4. The van der Waals surface area contributed by atoms with Crippen molar-refractivity contribution in [3.05, 3.63) is 22.9 Å². The number of carboxylic acid groups (broad SMARTS) is 1. The topological polar surface area (TPSA) is 87.6 Å². The monoisotopic (exact) mass is 348 g/mol. The van der Waals surface area contributed by atoms with Gasteiger partial charge in [-0.15, -0.1) is 0 Å². The van der Waals surface area contributed by atoms with Crippen LogP contribution in [0.2, 0.25) is 0 Å². The molecule has 2 atom stereocenters. The molecule has 6 nitrogen and oxygen atoms in total. The van der Waals surface area contributed by atoms with Crippen LogP contribution in [0.15, 0.2) is 27.8 Å². The van der Waals surface area contributed by atoms with Gasteiger partial charge in [-0.25, -0.2) is 8.42 Å². The van der Waals surface area contributed by atoms with Crippen LogP contribution in [-0.2, 0) is 14.8 Å². The minimum Gasteiger partial charge on any atom is -0.480 e. The molecule has 0 spiro atoms. The molecule has 19 heavy (non-hydrogen) atoms. The van der Waals surface area contributed by atoms with Crippen molar-refractivity contribution in [2.24, 2.45) is 5.92 Å². The van der Waals surface area contributed by atoms with E-state index < -0.39 is 22.0 Å². The van der Waals surface area contributed by atoms with Crippen molar-refractivity contribution in [3.8, 4) is 0 Å². The van der Waals surface area contributed by atoms with Gasteiger partial charge in [-0.2, -0.15) is 4.31 Å². The fourth-order valence-corrected chi connectivity index (χ4v) is 4.42. The Bertz CT molecular complexity index is 604. The Balaban J connectivity index is 2.42. The summed E-state index contributed by atoms with van der Waals surface area (Å²) in [6.45, 7) is 1.96. The number of halogens is 1. The number of hydrogen-bond acceptors (Lipinski definition) is 4. The smallest absolute Gasteiger partial charge is 0.322 e. The van der Waals surface area contributed by atoms with E-state index in [4.69, 9.17) is 0 Å². The second kappa shape index (κ2) is 5.18. The van der Waals surface area contributed by atoms with Crippen molar-refractivity contribution in [2.75, 3.05) is 6.54 Å². The average molecular weight is 349 g/mol. The van der Waals surface area contributed by atoms with Crippen LogP contribution < -0.4 is 0 Å². The lowest BCUT2D eigenvalue weighted by atomic mass is 10.0. The summed E-state index contributed by atoms with van der Waals surface area (Å²) in [5.74, 6) is -1.32. The molecule has 1 aliphatic heterocycles. The maximum atomic E-state index is 12.4. The normalized spacial score (nSPS) is 24.5. The van der Waals surface area contributed by atoms with Crippen LogP contribution in [-0.4, -0.2) is 41.4 Å². The molecule has 8 heteroatoms. The molecule has 0 amide bonds. The summed E-state index contributed by atoms with van der Waals surface area (Å²) in [5.41, 5.74) is 0. The first-order valence-corrected chi connectivity index (χ1v) is 7.92. The van der Waals surface area contributed by atoms with Crippen LogP contribution in [0.5, 0.6) is 0 Å². The second-order valence-corrected chi connectivity index (χ2v) is 7.31. The van der Waals surface area contributed by atoms with Gasteiger partial charge in [-0.3, -0.25) is 9.78 Å². The van der Waals surface area contributed by atoms with Gasteiger partial charge in [0.05, 0.1) is 0 Å². The number of rotatable bonds is 3. The quantitative estimate of drug-likeness (QED) is 0.890. The number of nitrogens with zero attached hydrogens (tertiary/aromatic N) is 2. The summed E-state index contributed by atoms with van der Waals surface area (Å²) in [5, 5.41) is 9.19. The van der Waals surface area contributed by atoms with Crippen molar-refractivity contribution in [3.63, 3.8) is 0 Å². The number of aliphatic carboxylic acids is 1. The lowest BCUT2D eigenvalue weighted by Crippen LogP contribution is -2.42. The van der Waals surface area contributed by atoms with E-state index >= 15 is 0 Å². The first-order valence-electron chi connectivity index (χ1n) is 5.69. The molecule has 1 aromatic rings. The predicted octanol–water partition coefficient (Wildman–Crippen LogP) is 1.33. The van der Waals surface area contributed by atoms with Crippen LogP contribution in [0.1, 0.15) is 13.3 Å². The van der Waals surface area contributed by atoms with E-state index in [0.29, 0.717) is 10.9 Å². The van der Waals surface area contributed by atoms with E-state index in [2.05, 4.69) is 20.9 Å². The predicted molar refractivity (Wildman–Crippen MR) is 71.0 cm³/mol. The molecule has 1 aromatic heterocycles. The lowest BCUT2D eigenvalue weighted by molar-refractivity contribution is -0.141. The van der Waals surface area contributed by atoms with E-state index in [-0.39, 0.29) is 17.4 Å². The van der Waals surface area contributed by atoms with Gasteiger partial charge < -0.3 is 5.11 Å². The highest BCUT2D eigenvalue weighted by atomic mass is 79.9. The van der Waals surface area contributed by atoms with Crippen molar-refractivity contribution in [1.29, 1.82) is 0 Å². The number of hydrogen-bond donors (Lipinski definition) is 1. The second-order valence-electron chi connectivity index (χ2n) is 4.50. The molecule has 2 unspecified atom stereocenters. The summed E-state index contributed by atoms with van der Waals surface area (Å²) in [6.07, 6.45) is 3.24. The molecule has 1 fully saturated rings. The standard InChI is InChI=1S/C11H13BrN2O4S/c1-7-2-3-14(10(7)11(15)16)19(17,18)9-4-8(12)5-13-6-9/h4-7,10H,2-3H2,1H3,(H,15,16). The van der Waals surface area contributed by atoms with Gasteiger partial charge in [0.2, 0.25) is 10.0 Å². The van der Waals surface area contributed by atoms with Gasteiger partial charge in [0.1, 0.15) is 10.9 Å². The highest BCUT2D eigenvalue weighted by Gasteiger charge is 2.43. The van der Waals surface area contributed by atoms with E-state index in [0.717, 1.165) is 4.31 Å². The molecule has 1 N–H and O–H groups in total. The van der Waals surface area contributed by atoms with Crippen LogP contribution >= 0.6 is 15.9 Å². The summed E-state index contributed by atoms with van der Waals surface area (Å²) >= 11 is 3.16. The third kappa shape index (κ3) is 2.65. The van der Waals surface area contributed by atoms with E-state index in [1.54, 1.807) is 6.92 Å². The molecule has 1 aliphatic rings. The fourth-order valence-electron chi connectivity index (χ4n) is 2.22. The highest BCUT2D eigenvalue weighted by Crippen LogP contribution is 2.30. The third-order valence-corrected chi connectivity index (χ3v) is 5.47. The van der Waals surface area contributed by atoms with Crippen molar-refractivity contribution < 1.29 is 18.3 Å². The zero-order valence-electron chi connectivity index (χ0n) is 10.2. The summed E-state index contributed by atoms with van der Waals surface area (Å²) < 4.78 is 26.5. The van der Waals surface area contributed by atoms with Crippen LogP contribution in [0.3, 0.4) is 0 Å². The van der Waals surface area contributed by atoms with Gasteiger partial charge in [0.15, 0.2) is 0 Å². The Kier molecular flexibility index (Phi) is 3.93. The first-order chi connectivity index (χ1) is 8.84. The fraction of sp³-hybridized carbons (Fsp3) is 0.455. The Hall–Kier alpha value is -0.990. The van der Waals surface area contributed by atoms with Crippen LogP contribution in [0.4, 0.5) is 0 Å². The van der Waals surface area contributed by atoms with Gasteiger partial charge in [0.25, 0.3) is 0 Å². The molecule has 0 saturated carbocycles. The molecule has 2 heterocycles. The minimum absolute atomic E-state index is 0.00206. The molecule has 1 saturated heterocycles. The SMILES string of the molecule is CC1CCN(S(=O)(=O)c2cncc(Br)c2)C1C(=O)O. The van der Waals surface area contributed by atoms with Crippen molar-refractivity contribution in [2.45, 2.75) is 24.3 Å². The molecule has 2 rings (SSSR count). The number of sulfonamides is 1. The Labute approximate surface area is 119 Å². The van der Waals surface area contributed by atoms with Gasteiger partial charge in [-0.05, 0) is 34.3 Å².